The van der Waals surface area contributed by atoms with E-state index < -0.39 is 0 Å². The summed E-state index contributed by atoms with van der Waals surface area (Å²) in [6, 6.07) is 10.5. The number of hydrogen-bond acceptors (Lipinski definition) is 4. The lowest BCUT2D eigenvalue weighted by atomic mass is 10.1. The van der Waals surface area contributed by atoms with Gasteiger partial charge in [0.1, 0.15) is 5.82 Å². The predicted molar refractivity (Wildman–Crippen MR) is 128 cm³/mol. The Morgan fingerprint density at radius 3 is 2.35 bits per heavy atom. The molecular formula is C25H39N5O. The van der Waals surface area contributed by atoms with Crippen LogP contribution >= 0.6 is 0 Å². The molecule has 1 aromatic heterocycles. The Morgan fingerprint density at radius 1 is 1.10 bits per heavy atom. The molecule has 1 aliphatic rings. The summed E-state index contributed by atoms with van der Waals surface area (Å²) >= 11 is 0. The molecule has 2 heterocycles. The van der Waals surface area contributed by atoms with Crippen LogP contribution in [-0.4, -0.2) is 64.3 Å². The van der Waals surface area contributed by atoms with Crippen LogP contribution in [0, 0.1) is 6.92 Å². The molecule has 1 aliphatic heterocycles. The fourth-order valence-electron chi connectivity index (χ4n) is 4.28. The van der Waals surface area contributed by atoms with E-state index in [4.69, 9.17) is 5.10 Å². The number of amides is 1. The molecule has 1 amide bonds. The van der Waals surface area contributed by atoms with Gasteiger partial charge in [-0.05, 0) is 45.9 Å². The molecule has 1 aromatic carbocycles. The summed E-state index contributed by atoms with van der Waals surface area (Å²) in [5.41, 5.74) is 3.25. The maximum absolute atomic E-state index is 13.0. The molecular weight excluding hydrogens is 386 g/mol. The van der Waals surface area contributed by atoms with Gasteiger partial charge in [-0.2, -0.15) is 5.10 Å². The van der Waals surface area contributed by atoms with Crippen LogP contribution < -0.4 is 4.90 Å². The molecule has 0 atom stereocenters. The Kier molecular flexibility index (Phi) is 8.13. The summed E-state index contributed by atoms with van der Waals surface area (Å²) in [7, 11) is 0. The van der Waals surface area contributed by atoms with Gasteiger partial charge in [0.15, 0.2) is 0 Å². The molecule has 1 saturated heterocycles. The molecule has 6 heteroatoms. The quantitative estimate of drug-likeness (QED) is 0.602. The molecule has 6 nitrogen and oxygen atoms in total. The summed E-state index contributed by atoms with van der Waals surface area (Å²) in [6.45, 7) is 16.4. The number of anilines is 1. The zero-order chi connectivity index (χ0) is 22.4. The SMILES string of the molecule is CCCCC(=O)N(Cc1c(C)nn(-c2ccccc2)c1N1CCN(CC)CC1)C(C)C. The van der Waals surface area contributed by atoms with Crippen molar-refractivity contribution in [3.8, 4) is 5.69 Å². The molecule has 0 radical (unpaired) electrons. The van der Waals surface area contributed by atoms with Gasteiger partial charge in [0, 0.05) is 44.2 Å². The van der Waals surface area contributed by atoms with Crippen LogP contribution in [-0.2, 0) is 11.3 Å². The lowest BCUT2D eigenvalue weighted by Gasteiger charge is -2.36. The van der Waals surface area contributed by atoms with E-state index in [1.807, 2.05) is 11.0 Å². The van der Waals surface area contributed by atoms with E-state index in [9.17, 15) is 4.79 Å². The van der Waals surface area contributed by atoms with Gasteiger partial charge in [0.25, 0.3) is 0 Å². The molecule has 0 spiro atoms. The molecule has 0 N–H and O–H groups in total. The van der Waals surface area contributed by atoms with Crippen molar-refractivity contribution in [2.24, 2.45) is 0 Å². The summed E-state index contributed by atoms with van der Waals surface area (Å²) in [5, 5.41) is 4.95. The summed E-state index contributed by atoms with van der Waals surface area (Å²) < 4.78 is 2.08. The van der Waals surface area contributed by atoms with E-state index in [2.05, 4.69) is 73.4 Å². The van der Waals surface area contributed by atoms with E-state index in [0.29, 0.717) is 13.0 Å². The number of carbonyl (C=O) groups excluding carboxylic acids is 1. The van der Waals surface area contributed by atoms with Crippen LogP contribution in [0.15, 0.2) is 30.3 Å². The van der Waals surface area contributed by atoms with Crippen molar-refractivity contribution in [2.75, 3.05) is 37.6 Å². The second-order valence-corrected chi connectivity index (χ2v) is 8.78. The lowest BCUT2D eigenvalue weighted by Crippen LogP contribution is -2.47. The predicted octanol–water partition coefficient (Wildman–Crippen LogP) is 4.25. The number of para-hydroxylation sites is 1. The molecule has 0 saturated carbocycles. The summed E-state index contributed by atoms with van der Waals surface area (Å²) in [5.74, 6) is 1.39. The zero-order valence-electron chi connectivity index (χ0n) is 20.0. The number of benzene rings is 1. The highest BCUT2D eigenvalue weighted by atomic mass is 16.2. The molecule has 31 heavy (non-hydrogen) atoms. The average Bonchev–Trinajstić information content (AvgIpc) is 3.12. The van der Waals surface area contributed by atoms with Crippen molar-refractivity contribution in [3.05, 3.63) is 41.6 Å². The molecule has 170 valence electrons. The average molecular weight is 426 g/mol. The fraction of sp³-hybridized carbons (Fsp3) is 0.600. The van der Waals surface area contributed by atoms with Gasteiger partial charge in [-0.15, -0.1) is 0 Å². The topological polar surface area (TPSA) is 44.6 Å². The number of unbranched alkanes of at least 4 members (excludes halogenated alkanes) is 1. The molecule has 0 aliphatic carbocycles. The second-order valence-electron chi connectivity index (χ2n) is 8.78. The van der Waals surface area contributed by atoms with Crippen molar-refractivity contribution >= 4 is 11.7 Å². The standard InChI is InChI=1S/C25H39N5O/c1-6-8-14-24(31)29(20(3)4)19-23-21(5)26-30(22-12-10-9-11-13-22)25(23)28-17-15-27(7-2)16-18-28/h9-13,20H,6-8,14-19H2,1-5H3. The number of likely N-dealkylation sites (N-methyl/N-ethyl adjacent to an activating group) is 1. The van der Waals surface area contributed by atoms with Gasteiger partial charge >= 0.3 is 0 Å². The van der Waals surface area contributed by atoms with Gasteiger partial charge < -0.3 is 14.7 Å². The minimum Gasteiger partial charge on any atom is -0.354 e. The van der Waals surface area contributed by atoms with E-state index in [1.54, 1.807) is 0 Å². The third-order valence-corrected chi connectivity index (χ3v) is 6.29. The Balaban J connectivity index is 1.99. The first-order chi connectivity index (χ1) is 15.0. The highest BCUT2D eigenvalue weighted by Crippen LogP contribution is 2.30. The highest BCUT2D eigenvalue weighted by molar-refractivity contribution is 5.76. The molecule has 0 bridgehead atoms. The van der Waals surface area contributed by atoms with Gasteiger partial charge in [-0.1, -0.05) is 38.5 Å². The third-order valence-electron chi connectivity index (χ3n) is 6.29. The van der Waals surface area contributed by atoms with Crippen molar-refractivity contribution in [1.82, 2.24) is 19.6 Å². The lowest BCUT2D eigenvalue weighted by molar-refractivity contribution is -0.133. The van der Waals surface area contributed by atoms with E-state index in [1.165, 1.54) is 5.56 Å². The van der Waals surface area contributed by atoms with Crippen molar-refractivity contribution in [2.45, 2.75) is 66.5 Å². The molecule has 0 unspecified atom stereocenters. The Bertz CT molecular complexity index is 837. The fourth-order valence-corrected chi connectivity index (χ4v) is 4.28. The van der Waals surface area contributed by atoms with Gasteiger partial charge in [-0.3, -0.25) is 4.79 Å². The summed E-state index contributed by atoms with van der Waals surface area (Å²) in [6.07, 6.45) is 2.59. The van der Waals surface area contributed by atoms with Gasteiger partial charge in [0.2, 0.25) is 5.91 Å². The van der Waals surface area contributed by atoms with E-state index in [-0.39, 0.29) is 11.9 Å². The first kappa shape index (κ1) is 23.3. The number of rotatable bonds is 9. The first-order valence-corrected chi connectivity index (χ1v) is 11.9. The van der Waals surface area contributed by atoms with Crippen LogP contribution in [0.25, 0.3) is 5.69 Å². The molecule has 1 fully saturated rings. The normalized spacial score (nSPS) is 15.0. The van der Waals surface area contributed by atoms with Crippen molar-refractivity contribution in [1.29, 1.82) is 0 Å². The number of piperazine rings is 1. The van der Waals surface area contributed by atoms with Crippen LogP contribution in [0.3, 0.4) is 0 Å². The second kappa shape index (κ2) is 10.8. The van der Waals surface area contributed by atoms with Crippen LogP contribution in [0.5, 0.6) is 0 Å². The van der Waals surface area contributed by atoms with Crippen molar-refractivity contribution < 1.29 is 4.79 Å². The highest BCUT2D eigenvalue weighted by Gasteiger charge is 2.28. The largest absolute Gasteiger partial charge is 0.354 e. The van der Waals surface area contributed by atoms with Crippen LogP contribution in [0.2, 0.25) is 0 Å². The monoisotopic (exact) mass is 425 g/mol. The number of carbonyl (C=O) groups is 1. The van der Waals surface area contributed by atoms with Crippen LogP contribution in [0.1, 0.15) is 58.2 Å². The Labute approximate surface area is 187 Å². The molecule has 2 aromatic rings. The number of nitrogens with zero attached hydrogens (tertiary/aromatic N) is 5. The minimum atomic E-state index is 0.161. The minimum absolute atomic E-state index is 0.161. The van der Waals surface area contributed by atoms with E-state index >= 15 is 0 Å². The van der Waals surface area contributed by atoms with Crippen LogP contribution in [0.4, 0.5) is 5.82 Å². The molecule has 3 rings (SSSR count). The summed E-state index contributed by atoms with van der Waals surface area (Å²) in [4.78, 5) is 20.0. The Morgan fingerprint density at radius 2 is 1.77 bits per heavy atom. The Hall–Kier alpha value is -2.34. The smallest absolute Gasteiger partial charge is 0.223 e. The van der Waals surface area contributed by atoms with E-state index in [0.717, 1.165) is 62.8 Å². The first-order valence-electron chi connectivity index (χ1n) is 11.9. The maximum Gasteiger partial charge on any atom is 0.223 e. The number of aryl methyl sites for hydroxylation is 1. The van der Waals surface area contributed by atoms with Gasteiger partial charge in [0.05, 0.1) is 17.9 Å². The maximum atomic E-state index is 13.0. The third kappa shape index (κ3) is 5.48. The van der Waals surface area contributed by atoms with Crippen molar-refractivity contribution in [3.63, 3.8) is 0 Å². The zero-order valence-corrected chi connectivity index (χ0v) is 20.0. The number of aromatic nitrogens is 2. The number of hydrogen-bond donors (Lipinski definition) is 0. The van der Waals surface area contributed by atoms with Gasteiger partial charge in [-0.25, -0.2) is 4.68 Å².